The summed E-state index contributed by atoms with van der Waals surface area (Å²) in [6.07, 6.45) is 3.13. The van der Waals surface area contributed by atoms with E-state index in [2.05, 4.69) is 18.9 Å². The van der Waals surface area contributed by atoms with Crippen molar-refractivity contribution in [1.82, 2.24) is 9.78 Å². The van der Waals surface area contributed by atoms with Gasteiger partial charge in [-0.15, -0.1) is 0 Å². The van der Waals surface area contributed by atoms with Gasteiger partial charge < -0.3 is 5.11 Å². The minimum absolute atomic E-state index is 0.407. The number of aliphatic hydroxyl groups excluding tert-OH is 1. The zero-order valence-electron chi connectivity index (χ0n) is 11.9. The van der Waals surface area contributed by atoms with Gasteiger partial charge in [-0.1, -0.05) is 31.2 Å². The summed E-state index contributed by atoms with van der Waals surface area (Å²) in [6, 6.07) is 10.4. The van der Waals surface area contributed by atoms with Gasteiger partial charge in [-0.3, -0.25) is 4.68 Å². The Morgan fingerprint density at radius 3 is 2.68 bits per heavy atom. The van der Waals surface area contributed by atoms with E-state index in [4.69, 9.17) is 0 Å². The molecule has 0 bridgehead atoms. The number of aryl methyl sites for hydroxylation is 1. The first kappa shape index (κ1) is 13.8. The lowest BCUT2D eigenvalue weighted by atomic mass is 10.0. The molecule has 0 aliphatic heterocycles. The van der Waals surface area contributed by atoms with Gasteiger partial charge in [0.1, 0.15) is 0 Å². The molecule has 102 valence electrons. The fraction of sp³-hybridized carbons (Fsp3) is 0.438. The molecule has 1 aromatic carbocycles. The van der Waals surface area contributed by atoms with Gasteiger partial charge in [0, 0.05) is 18.7 Å². The van der Waals surface area contributed by atoms with Crippen LogP contribution in [-0.4, -0.2) is 14.9 Å². The van der Waals surface area contributed by atoms with Crippen LogP contribution in [-0.2, 0) is 6.42 Å². The average molecular weight is 258 g/mol. The number of aromatic nitrogens is 2. The number of nitrogens with zero attached hydrogens (tertiary/aromatic N) is 2. The van der Waals surface area contributed by atoms with Crippen molar-refractivity contribution in [2.75, 3.05) is 0 Å². The van der Waals surface area contributed by atoms with E-state index >= 15 is 0 Å². The van der Waals surface area contributed by atoms with Crippen molar-refractivity contribution < 1.29 is 5.11 Å². The van der Waals surface area contributed by atoms with E-state index in [9.17, 15) is 5.11 Å². The van der Waals surface area contributed by atoms with E-state index in [1.54, 1.807) is 0 Å². The van der Waals surface area contributed by atoms with Gasteiger partial charge in [0.05, 0.1) is 11.8 Å². The number of rotatable bonds is 5. The van der Waals surface area contributed by atoms with Gasteiger partial charge in [0.2, 0.25) is 0 Å². The minimum Gasteiger partial charge on any atom is -0.388 e. The Morgan fingerprint density at radius 1 is 1.26 bits per heavy atom. The second kappa shape index (κ2) is 6.02. The van der Waals surface area contributed by atoms with Crippen LogP contribution in [0, 0.1) is 6.92 Å². The van der Waals surface area contributed by atoms with Gasteiger partial charge in [0.15, 0.2) is 0 Å². The molecule has 2 rings (SSSR count). The molecule has 0 fully saturated rings. The number of aliphatic hydroxyl groups is 1. The van der Waals surface area contributed by atoms with Crippen molar-refractivity contribution in [3.05, 3.63) is 53.3 Å². The van der Waals surface area contributed by atoms with Crippen molar-refractivity contribution in [3.8, 4) is 0 Å². The molecule has 3 nitrogen and oxygen atoms in total. The highest BCUT2D eigenvalue weighted by molar-refractivity contribution is 5.28. The molecule has 2 unspecified atom stereocenters. The quantitative estimate of drug-likeness (QED) is 0.892. The fourth-order valence-corrected chi connectivity index (χ4v) is 2.19. The molecule has 19 heavy (non-hydrogen) atoms. The molecule has 2 atom stereocenters. The lowest BCUT2D eigenvalue weighted by Crippen LogP contribution is -2.07. The van der Waals surface area contributed by atoms with Crippen LogP contribution in [0.2, 0.25) is 0 Å². The van der Waals surface area contributed by atoms with E-state index in [0.29, 0.717) is 12.5 Å². The van der Waals surface area contributed by atoms with Crippen molar-refractivity contribution >= 4 is 0 Å². The van der Waals surface area contributed by atoms with E-state index in [0.717, 1.165) is 23.2 Å². The van der Waals surface area contributed by atoms with E-state index < -0.39 is 6.10 Å². The second-order valence-corrected chi connectivity index (χ2v) is 5.12. The van der Waals surface area contributed by atoms with Crippen LogP contribution in [0.25, 0.3) is 0 Å². The fourth-order valence-electron chi connectivity index (χ4n) is 2.19. The van der Waals surface area contributed by atoms with Gasteiger partial charge in [0.25, 0.3) is 0 Å². The Labute approximate surface area is 114 Å². The topological polar surface area (TPSA) is 38.0 Å². The third-order valence-corrected chi connectivity index (χ3v) is 3.66. The zero-order chi connectivity index (χ0) is 13.8. The molecule has 0 aliphatic rings. The molecule has 1 aromatic heterocycles. The summed E-state index contributed by atoms with van der Waals surface area (Å²) in [5.74, 6) is 0. The van der Waals surface area contributed by atoms with E-state index in [1.165, 1.54) is 0 Å². The Bertz CT molecular complexity index is 533. The van der Waals surface area contributed by atoms with E-state index in [-0.39, 0.29) is 0 Å². The Kier molecular flexibility index (Phi) is 4.38. The summed E-state index contributed by atoms with van der Waals surface area (Å²) in [6.45, 7) is 6.32. The summed E-state index contributed by atoms with van der Waals surface area (Å²) in [5, 5.41) is 14.8. The smallest absolute Gasteiger partial charge is 0.0848 e. The maximum Gasteiger partial charge on any atom is 0.0848 e. The van der Waals surface area contributed by atoms with Gasteiger partial charge >= 0.3 is 0 Å². The maximum atomic E-state index is 10.3. The summed E-state index contributed by atoms with van der Waals surface area (Å²) in [7, 11) is 0. The lowest BCUT2D eigenvalue weighted by Gasteiger charge is -2.12. The number of benzene rings is 1. The number of hydrogen-bond acceptors (Lipinski definition) is 2. The van der Waals surface area contributed by atoms with Crippen molar-refractivity contribution in [1.29, 1.82) is 0 Å². The molecular formula is C16H22N2O. The maximum absolute atomic E-state index is 10.3. The predicted octanol–water partition coefficient (Wildman–Crippen LogP) is 3.44. The van der Waals surface area contributed by atoms with Crippen LogP contribution >= 0.6 is 0 Å². The molecule has 1 heterocycles. The zero-order valence-corrected chi connectivity index (χ0v) is 11.9. The highest BCUT2D eigenvalue weighted by atomic mass is 16.3. The van der Waals surface area contributed by atoms with Crippen LogP contribution in [0.1, 0.15) is 49.2 Å². The monoisotopic (exact) mass is 258 g/mol. The van der Waals surface area contributed by atoms with Crippen molar-refractivity contribution in [3.63, 3.8) is 0 Å². The first-order chi connectivity index (χ1) is 9.11. The molecule has 0 spiro atoms. The normalized spacial score (nSPS) is 14.3. The summed E-state index contributed by atoms with van der Waals surface area (Å²) in [5.41, 5.74) is 3.05. The van der Waals surface area contributed by atoms with Crippen LogP contribution < -0.4 is 0 Å². The van der Waals surface area contributed by atoms with Gasteiger partial charge in [-0.2, -0.15) is 5.10 Å². The third-order valence-electron chi connectivity index (χ3n) is 3.66. The molecule has 1 N–H and O–H groups in total. The molecule has 0 amide bonds. The minimum atomic E-state index is -0.485. The lowest BCUT2D eigenvalue weighted by molar-refractivity contribution is 0.176. The van der Waals surface area contributed by atoms with Crippen LogP contribution in [0.4, 0.5) is 0 Å². The summed E-state index contributed by atoms with van der Waals surface area (Å²) in [4.78, 5) is 0. The Hall–Kier alpha value is -1.61. The van der Waals surface area contributed by atoms with Crippen LogP contribution in [0.15, 0.2) is 36.5 Å². The van der Waals surface area contributed by atoms with Crippen molar-refractivity contribution in [2.24, 2.45) is 0 Å². The molecular weight excluding hydrogens is 236 g/mol. The molecule has 0 saturated carbocycles. The first-order valence-corrected chi connectivity index (χ1v) is 6.89. The molecule has 3 heteroatoms. The highest BCUT2D eigenvalue weighted by Crippen LogP contribution is 2.21. The van der Waals surface area contributed by atoms with Crippen molar-refractivity contribution in [2.45, 2.75) is 45.8 Å². The first-order valence-electron chi connectivity index (χ1n) is 6.89. The highest BCUT2D eigenvalue weighted by Gasteiger charge is 2.13. The average Bonchev–Trinajstić information content (AvgIpc) is 2.86. The molecule has 0 aliphatic carbocycles. The largest absolute Gasteiger partial charge is 0.388 e. The SMILES string of the molecule is CCC(C)n1ccc(CC(O)c2ccccc2C)n1. The third kappa shape index (κ3) is 3.24. The van der Waals surface area contributed by atoms with Gasteiger partial charge in [-0.05, 0) is 37.5 Å². The molecule has 0 saturated heterocycles. The summed E-state index contributed by atoms with van der Waals surface area (Å²) < 4.78 is 1.97. The summed E-state index contributed by atoms with van der Waals surface area (Å²) >= 11 is 0. The Balaban J connectivity index is 2.09. The predicted molar refractivity (Wildman–Crippen MR) is 77.1 cm³/mol. The second-order valence-electron chi connectivity index (χ2n) is 5.12. The number of hydrogen-bond donors (Lipinski definition) is 1. The van der Waals surface area contributed by atoms with Crippen LogP contribution in [0.3, 0.4) is 0 Å². The molecule has 0 radical (unpaired) electrons. The Morgan fingerprint density at radius 2 is 2.00 bits per heavy atom. The van der Waals surface area contributed by atoms with Crippen LogP contribution in [0.5, 0.6) is 0 Å². The van der Waals surface area contributed by atoms with E-state index in [1.807, 2.05) is 48.1 Å². The molecule has 2 aromatic rings. The standard InChI is InChI=1S/C16H22N2O/c1-4-13(3)18-10-9-14(17-18)11-16(19)15-8-6-5-7-12(15)2/h5-10,13,16,19H,4,11H2,1-3H3. The van der Waals surface area contributed by atoms with Gasteiger partial charge in [-0.25, -0.2) is 0 Å².